The Morgan fingerprint density at radius 1 is 1.23 bits per heavy atom. The van der Waals surface area contributed by atoms with E-state index in [1.807, 2.05) is 0 Å². The topological polar surface area (TPSA) is 88.7 Å². The first-order valence-corrected chi connectivity index (χ1v) is 10.0. The molecular formula is C19H31N3O4. The van der Waals surface area contributed by atoms with Crippen LogP contribution in [0.1, 0.15) is 75.4 Å². The number of carbonyl (C=O) groups is 1. The minimum absolute atomic E-state index is 0.0594. The lowest BCUT2D eigenvalue weighted by Crippen LogP contribution is -2.35. The Balaban J connectivity index is 1.51. The summed E-state index contributed by atoms with van der Waals surface area (Å²) in [6, 6.07) is 0. The molecule has 1 saturated carbocycles. The molecule has 0 aromatic carbocycles. The Kier molecular flexibility index (Phi) is 7.43. The van der Waals surface area contributed by atoms with Gasteiger partial charge in [-0.1, -0.05) is 50.1 Å². The SMILES string of the molecule is O=C(O)C[C@@H](CCCC1CCCCC1)c1nc(CN2CCOCC2)no1. The van der Waals surface area contributed by atoms with E-state index in [4.69, 9.17) is 9.26 Å². The molecule has 7 heteroatoms. The molecule has 1 saturated heterocycles. The lowest BCUT2D eigenvalue weighted by Gasteiger charge is -2.24. The molecule has 2 heterocycles. The van der Waals surface area contributed by atoms with Gasteiger partial charge in [-0.25, -0.2) is 0 Å². The predicted molar refractivity (Wildman–Crippen MR) is 95.8 cm³/mol. The average molecular weight is 365 g/mol. The second-order valence-electron chi connectivity index (χ2n) is 7.67. The largest absolute Gasteiger partial charge is 0.481 e. The molecule has 1 aromatic rings. The van der Waals surface area contributed by atoms with Crippen molar-refractivity contribution in [2.75, 3.05) is 26.3 Å². The summed E-state index contributed by atoms with van der Waals surface area (Å²) in [6.45, 7) is 3.82. The Hall–Kier alpha value is -1.47. The highest BCUT2D eigenvalue weighted by atomic mass is 16.5. The van der Waals surface area contributed by atoms with Crippen LogP contribution in [0.2, 0.25) is 0 Å². The molecule has 2 aliphatic rings. The van der Waals surface area contributed by atoms with Gasteiger partial charge in [-0.2, -0.15) is 4.98 Å². The fourth-order valence-electron chi connectivity index (χ4n) is 4.11. The Bertz CT molecular complexity index is 551. The van der Waals surface area contributed by atoms with E-state index in [0.29, 0.717) is 18.3 Å². The summed E-state index contributed by atoms with van der Waals surface area (Å²) in [4.78, 5) is 18.0. The van der Waals surface area contributed by atoms with Gasteiger partial charge in [0.15, 0.2) is 5.82 Å². The van der Waals surface area contributed by atoms with E-state index in [9.17, 15) is 9.90 Å². The van der Waals surface area contributed by atoms with Crippen LogP contribution in [0.3, 0.4) is 0 Å². The lowest BCUT2D eigenvalue weighted by atomic mass is 9.84. The van der Waals surface area contributed by atoms with Crippen LogP contribution in [0, 0.1) is 5.92 Å². The Morgan fingerprint density at radius 2 is 2.00 bits per heavy atom. The number of aliphatic carboxylic acids is 1. The van der Waals surface area contributed by atoms with Crippen LogP contribution < -0.4 is 0 Å². The first-order chi connectivity index (χ1) is 12.7. The van der Waals surface area contributed by atoms with E-state index in [1.54, 1.807) is 0 Å². The summed E-state index contributed by atoms with van der Waals surface area (Å²) in [5.74, 6) is 0.959. The number of ether oxygens (including phenoxy) is 1. The number of hydrogen-bond acceptors (Lipinski definition) is 6. The molecule has 0 unspecified atom stereocenters. The van der Waals surface area contributed by atoms with Gasteiger partial charge in [-0.15, -0.1) is 0 Å². The van der Waals surface area contributed by atoms with Gasteiger partial charge in [0.25, 0.3) is 0 Å². The zero-order chi connectivity index (χ0) is 18.2. The highest BCUT2D eigenvalue weighted by Gasteiger charge is 2.24. The number of nitrogens with zero attached hydrogens (tertiary/aromatic N) is 3. The van der Waals surface area contributed by atoms with Crippen LogP contribution >= 0.6 is 0 Å². The average Bonchev–Trinajstić information content (AvgIpc) is 3.11. The van der Waals surface area contributed by atoms with Crippen LogP contribution in [0.5, 0.6) is 0 Å². The van der Waals surface area contributed by atoms with Gasteiger partial charge in [0, 0.05) is 19.0 Å². The number of morpholine rings is 1. The fraction of sp³-hybridized carbons (Fsp3) is 0.842. The molecule has 1 aliphatic heterocycles. The molecule has 7 nitrogen and oxygen atoms in total. The maximum atomic E-state index is 11.3. The Morgan fingerprint density at radius 3 is 2.73 bits per heavy atom. The molecule has 1 aromatic heterocycles. The van der Waals surface area contributed by atoms with E-state index in [0.717, 1.165) is 45.1 Å². The van der Waals surface area contributed by atoms with Gasteiger partial charge in [-0.3, -0.25) is 9.69 Å². The van der Waals surface area contributed by atoms with Gasteiger partial charge in [0.1, 0.15) is 0 Å². The molecule has 1 aliphatic carbocycles. The van der Waals surface area contributed by atoms with Crippen molar-refractivity contribution in [1.29, 1.82) is 0 Å². The summed E-state index contributed by atoms with van der Waals surface area (Å²) in [7, 11) is 0. The van der Waals surface area contributed by atoms with Crippen molar-refractivity contribution in [2.45, 2.75) is 70.3 Å². The standard InChI is InChI=1S/C19H31N3O4/c23-18(24)13-16(8-4-7-15-5-2-1-3-6-15)19-20-17(21-26-19)14-22-9-11-25-12-10-22/h15-16H,1-14H2,(H,23,24)/t16-/m1/s1. The summed E-state index contributed by atoms with van der Waals surface area (Å²) in [5.41, 5.74) is 0. The molecule has 0 radical (unpaired) electrons. The van der Waals surface area contributed by atoms with Crippen molar-refractivity contribution in [3.8, 4) is 0 Å². The smallest absolute Gasteiger partial charge is 0.304 e. The summed E-state index contributed by atoms with van der Waals surface area (Å²) in [5, 5.41) is 13.3. The fourth-order valence-corrected chi connectivity index (χ4v) is 4.11. The van der Waals surface area contributed by atoms with Crippen LogP contribution in [-0.4, -0.2) is 52.4 Å². The molecule has 0 spiro atoms. The molecule has 1 atom stereocenters. The van der Waals surface area contributed by atoms with Crippen molar-refractivity contribution in [1.82, 2.24) is 15.0 Å². The van der Waals surface area contributed by atoms with E-state index < -0.39 is 5.97 Å². The molecule has 146 valence electrons. The minimum atomic E-state index is -0.805. The quantitative estimate of drug-likeness (QED) is 0.719. The van der Waals surface area contributed by atoms with E-state index in [2.05, 4.69) is 15.0 Å². The lowest BCUT2D eigenvalue weighted by molar-refractivity contribution is -0.137. The normalized spacial score (nSPS) is 20.9. The molecule has 3 rings (SSSR count). The third-order valence-electron chi connectivity index (χ3n) is 5.61. The monoisotopic (exact) mass is 365 g/mol. The highest BCUT2D eigenvalue weighted by molar-refractivity contribution is 5.67. The van der Waals surface area contributed by atoms with E-state index >= 15 is 0 Å². The zero-order valence-electron chi connectivity index (χ0n) is 15.6. The van der Waals surface area contributed by atoms with E-state index in [-0.39, 0.29) is 12.3 Å². The van der Waals surface area contributed by atoms with E-state index in [1.165, 1.54) is 38.5 Å². The third kappa shape index (κ3) is 6.06. The number of hydrogen-bond donors (Lipinski definition) is 1. The molecular weight excluding hydrogens is 334 g/mol. The van der Waals surface area contributed by atoms with Crippen molar-refractivity contribution in [2.24, 2.45) is 5.92 Å². The first kappa shape index (κ1) is 19.3. The molecule has 1 N–H and O–H groups in total. The van der Waals surface area contributed by atoms with Crippen molar-refractivity contribution >= 4 is 5.97 Å². The number of rotatable bonds is 9. The van der Waals surface area contributed by atoms with Gasteiger partial charge >= 0.3 is 5.97 Å². The van der Waals surface area contributed by atoms with Gasteiger partial charge in [-0.05, 0) is 12.3 Å². The first-order valence-electron chi connectivity index (χ1n) is 10.0. The minimum Gasteiger partial charge on any atom is -0.481 e. The number of carboxylic acids is 1. The molecule has 0 amide bonds. The number of aromatic nitrogens is 2. The maximum Gasteiger partial charge on any atom is 0.304 e. The second-order valence-corrected chi connectivity index (χ2v) is 7.67. The molecule has 26 heavy (non-hydrogen) atoms. The van der Waals surface area contributed by atoms with Crippen LogP contribution in [-0.2, 0) is 16.1 Å². The summed E-state index contributed by atoms with van der Waals surface area (Å²) in [6.07, 6.45) is 9.80. The molecule has 0 bridgehead atoms. The summed E-state index contributed by atoms with van der Waals surface area (Å²) < 4.78 is 10.8. The van der Waals surface area contributed by atoms with Crippen molar-refractivity contribution in [3.05, 3.63) is 11.7 Å². The van der Waals surface area contributed by atoms with Gasteiger partial charge in [0.05, 0.1) is 26.2 Å². The highest BCUT2D eigenvalue weighted by Crippen LogP contribution is 2.31. The third-order valence-corrected chi connectivity index (χ3v) is 5.61. The van der Waals surface area contributed by atoms with Crippen LogP contribution in [0.15, 0.2) is 4.52 Å². The van der Waals surface area contributed by atoms with Crippen LogP contribution in [0.25, 0.3) is 0 Å². The summed E-state index contributed by atoms with van der Waals surface area (Å²) >= 11 is 0. The van der Waals surface area contributed by atoms with Gasteiger partial charge in [0.2, 0.25) is 5.89 Å². The maximum absolute atomic E-state index is 11.3. The predicted octanol–water partition coefficient (Wildman–Crippen LogP) is 3.21. The van der Waals surface area contributed by atoms with Crippen LogP contribution in [0.4, 0.5) is 0 Å². The molecule has 2 fully saturated rings. The van der Waals surface area contributed by atoms with Crippen molar-refractivity contribution < 1.29 is 19.2 Å². The second kappa shape index (κ2) is 10.0. The number of carboxylic acid groups (broad SMARTS) is 1. The Labute approximate surface area is 155 Å². The zero-order valence-corrected chi connectivity index (χ0v) is 15.6. The van der Waals surface area contributed by atoms with Gasteiger partial charge < -0.3 is 14.4 Å². The van der Waals surface area contributed by atoms with Crippen molar-refractivity contribution in [3.63, 3.8) is 0 Å².